The van der Waals surface area contributed by atoms with Gasteiger partial charge in [-0.25, -0.2) is 0 Å². The molecule has 23 heavy (non-hydrogen) atoms. The lowest BCUT2D eigenvalue weighted by molar-refractivity contribution is -0.116. The van der Waals surface area contributed by atoms with Crippen LogP contribution in [0, 0.1) is 0 Å². The third kappa shape index (κ3) is 3.66. The predicted molar refractivity (Wildman–Crippen MR) is 91.8 cm³/mol. The SMILES string of the molecule is CN(CC(=O)Nc1cc(-c2cccs2)[nH]n1)C(=O)c1cccs1. The fourth-order valence-corrected chi connectivity index (χ4v) is 3.41. The highest BCUT2D eigenvalue weighted by molar-refractivity contribution is 7.13. The number of carbonyl (C=O) groups excluding carboxylic acids is 2. The Balaban J connectivity index is 1.58. The lowest BCUT2D eigenvalue weighted by atomic mass is 10.3. The van der Waals surface area contributed by atoms with Crippen LogP contribution < -0.4 is 5.32 Å². The zero-order chi connectivity index (χ0) is 16.2. The molecule has 0 atom stereocenters. The minimum Gasteiger partial charge on any atom is -0.332 e. The summed E-state index contributed by atoms with van der Waals surface area (Å²) < 4.78 is 0. The molecule has 0 aliphatic heterocycles. The van der Waals surface area contributed by atoms with E-state index in [0.29, 0.717) is 10.7 Å². The quantitative estimate of drug-likeness (QED) is 0.745. The van der Waals surface area contributed by atoms with E-state index in [2.05, 4.69) is 15.5 Å². The molecule has 118 valence electrons. The first-order chi connectivity index (χ1) is 11.1. The van der Waals surface area contributed by atoms with Crippen molar-refractivity contribution in [2.75, 3.05) is 18.9 Å². The summed E-state index contributed by atoms with van der Waals surface area (Å²) in [6.07, 6.45) is 0. The smallest absolute Gasteiger partial charge is 0.264 e. The Bertz CT molecular complexity index is 793. The molecule has 0 radical (unpaired) electrons. The van der Waals surface area contributed by atoms with Crippen LogP contribution in [-0.4, -0.2) is 40.5 Å². The first-order valence-electron chi connectivity index (χ1n) is 6.81. The van der Waals surface area contributed by atoms with Crippen LogP contribution >= 0.6 is 22.7 Å². The first kappa shape index (κ1) is 15.4. The molecule has 2 N–H and O–H groups in total. The van der Waals surface area contributed by atoms with E-state index in [1.807, 2.05) is 29.0 Å². The molecule has 0 aromatic carbocycles. The molecule has 3 aromatic heterocycles. The van der Waals surface area contributed by atoms with Gasteiger partial charge in [0.1, 0.15) is 0 Å². The molecule has 2 amide bonds. The number of rotatable bonds is 5. The summed E-state index contributed by atoms with van der Waals surface area (Å²) in [5.74, 6) is -0.0199. The molecular weight excluding hydrogens is 332 g/mol. The Kier molecular flexibility index (Phi) is 4.54. The molecule has 0 aliphatic carbocycles. The van der Waals surface area contributed by atoms with Crippen LogP contribution in [-0.2, 0) is 4.79 Å². The predicted octanol–water partition coefficient (Wildman–Crippen LogP) is 2.91. The van der Waals surface area contributed by atoms with Crippen molar-refractivity contribution in [2.24, 2.45) is 0 Å². The molecule has 3 aromatic rings. The molecule has 0 fully saturated rings. The molecule has 6 nitrogen and oxygen atoms in total. The summed E-state index contributed by atoms with van der Waals surface area (Å²) in [5, 5.41) is 13.4. The maximum Gasteiger partial charge on any atom is 0.264 e. The topological polar surface area (TPSA) is 78.1 Å². The molecule has 0 bridgehead atoms. The van der Waals surface area contributed by atoms with Gasteiger partial charge in [-0.15, -0.1) is 22.7 Å². The number of amides is 2. The average Bonchev–Trinajstić information content (AvgIpc) is 3.27. The number of carbonyl (C=O) groups is 2. The van der Waals surface area contributed by atoms with Gasteiger partial charge in [0.25, 0.3) is 5.91 Å². The van der Waals surface area contributed by atoms with Gasteiger partial charge in [-0.05, 0) is 22.9 Å². The molecule has 0 unspecified atom stereocenters. The Hall–Kier alpha value is -2.45. The van der Waals surface area contributed by atoms with Crippen LogP contribution in [0.15, 0.2) is 41.1 Å². The van der Waals surface area contributed by atoms with Crippen molar-refractivity contribution < 1.29 is 9.59 Å². The van der Waals surface area contributed by atoms with Crippen molar-refractivity contribution in [2.45, 2.75) is 0 Å². The van der Waals surface area contributed by atoms with Crippen LogP contribution in [0.3, 0.4) is 0 Å². The maximum atomic E-state index is 12.1. The summed E-state index contributed by atoms with van der Waals surface area (Å²) in [5.41, 5.74) is 0.846. The number of aromatic amines is 1. The van der Waals surface area contributed by atoms with Crippen LogP contribution in [0.5, 0.6) is 0 Å². The zero-order valence-corrected chi connectivity index (χ0v) is 13.9. The highest BCUT2D eigenvalue weighted by Crippen LogP contribution is 2.24. The summed E-state index contributed by atoms with van der Waals surface area (Å²) in [7, 11) is 1.60. The van der Waals surface area contributed by atoms with E-state index in [4.69, 9.17) is 0 Å². The van der Waals surface area contributed by atoms with Gasteiger partial charge >= 0.3 is 0 Å². The fraction of sp³-hybridized carbons (Fsp3) is 0.133. The van der Waals surface area contributed by atoms with Crippen LogP contribution in [0.1, 0.15) is 9.67 Å². The number of H-pyrrole nitrogens is 1. The standard InChI is InChI=1S/C15H14N4O2S2/c1-19(15(21)12-5-3-7-23-12)9-14(20)16-13-8-10(17-18-13)11-4-2-6-22-11/h2-8H,9H2,1H3,(H2,16,17,18,20). The van der Waals surface area contributed by atoms with E-state index in [1.165, 1.54) is 16.2 Å². The monoisotopic (exact) mass is 346 g/mol. The first-order valence-corrected chi connectivity index (χ1v) is 8.57. The molecule has 8 heteroatoms. The second-order valence-corrected chi connectivity index (χ2v) is 6.73. The lowest BCUT2D eigenvalue weighted by Gasteiger charge is -2.15. The highest BCUT2D eigenvalue weighted by atomic mass is 32.1. The van der Waals surface area contributed by atoms with Crippen molar-refractivity contribution in [3.05, 3.63) is 46.0 Å². The fourth-order valence-electron chi connectivity index (χ4n) is 2.00. The number of hydrogen-bond donors (Lipinski definition) is 2. The number of anilines is 1. The summed E-state index contributed by atoms with van der Waals surface area (Å²) in [4.78, 5) is 27.2. The Morgan fingerprint density at radius 3 is 2.74 bits per heavy atom. The number of nitrogens with one attached hydrogen (secondary N) is 2. The number of likely N-dealkylation sites (N-methyl/N-ethyl adjacent to an activating group) is 1. The van der Waals surface area contributed by atoms with E-state index >= 15 is 0 Å². The van der Waals surface area contributed by atoms with Crippen LogP contribution in [0.2, 0.25) is 0 Å². The lowest BCUT2D eigenvalue weighted by Crippen LogP contribution is -2.34. The number of hydrogen-bond acceptors (Lipinski definition) is 5. The molecule has 3 heterocycles. The van der Waals surface area contributed by atoms with E-state index in [0.717, 1.165) is 10.6 Å². The van der Waals surface area contributed by atoms with E-state index in [1.54, 1.807) is 30.5 Å². The maximum absolute atomic E-state index is 12.1. The van der Waals surface area contributed by atoms with Crippen molar-refractivity contribution in [3.8, 4) is 10.6 Å². The third-order valence-corrected chi connectivity index (χ3v) is 4.85. The van der Waals surface area contributed by atoms with Gasteiger partial charge in [-0.3, -0.25) is 14.7 Å². The van der Waals surface area contributed by atoms with Gasteiger partial charge < -0.3 is 10.2 Å². The van der Waals surface area contributed by atoms with Gasteiger partial charge in [0.2, 0.25) is 5.91 Å². The van der Waals surface area contributed by atoms with Crippen LogP contribution in [0.25, 0.3) is 10.6 Å². The van der Waals surface area contributed by atoms with E-state index in [-0.39, 0.29) is 18.4 Å². The van der Waals surface area contributed by atoms with Gasteiger partial charge in [-0.2, -0.15) is 5.10 Å². The number of nitrogens with zero attached hydrogens (tertiary/aromatic N) is 2. The van der Waals surface area contributed by atoms with Crippen molar-refractivity contribution in [3.63, 3.8) is 0 Å². The largest absolute Gasteiger partial charge is 0.332 e. The molecule has 0 spiro atoms. The van der Waals surface area contributed by atoms with Gasteiger partial charge in [0.05, 0.1) is 22.0 Å². The Labute approximate surface area is 140 Å². The second-order valence-electron chi connectivity index (χ2n) is 4.83. The van der Waals surface area contributed by atoms with E-state index < -0.39 is 0 Å². The van der Waals surface area contributed by atoms with Gasteiger partial charge in [0.15, 0.2) is 5.82 Å². The number of aromatic nitrogens is 2. The molecule has 0 saturated carbocycles. The number of thiophene rings is 2. The average molecular weight is 346 g/mol. The van der Waals surface area contributed by atoms with E-state index in [9.17, 15) is 9.59 Å². The summed E-state index contributed by atoms with van der Waals surface area (Å²) >= 11 is 2.94. The Morgan fingerprint density at radius 2 is 2.04 bits per heavy atom. The summed E-state index contributed by atoms with van der Waals surface area (Å²) in [6.45, 7) is -0.0298. The molecule has 0 aliphatic rings. The third-order valence-electron chi connectivity index (χ3n) is 3.09. The molecule has 0 saturated heterocycles. The molecular formula is C15H14N4O2S2. The van der Waals surface area contributed by atoms with Gasteiger partial charge in [-0.1, -0.05) is 12.1 Å². The van der Waals surface area contributed by atoms with Crippen molar-refractivity contribution >= 4 is 40.3 Å². The second kappa shape index (κ2) is 6.76. The van der Waals surface area contributed by atoms with Crippen molar-refractivity contribution in [1.29, 1.82) is 0 Å². The van der Waals surface area contributed by atoms with Crippen LogP contribution in [0.4, 0.5) is 5.82 Å². The Morgan fingerprint density at radius 1 is 1.26 bits per heavy atom. The minimum atomic E-state index is -0.290. The highest BCUT2D eigenvalue weighted by Gasteiger charge is 2.16. The minimum absolute atomic E-state index is 0.0298. The van der Waals surface area contributed by atoms with Gasteiger partial charge in [0, 0.05) is 13.1 Å². The normalized spacial score (nSPS) is 10.5. The summed E-state index contributed by atoms with van der Waals surface area (Å²) in [6, 6.07) is 9.23. The zero-order valence-electron chi connectivity index (χ0n) is 12.3. The molecule has 3 rings (SSSR count). The van der Waals surface area contributed by atoms with Crippen molar-refractivity contribution in [1.82, 2.24) is 15.1 Å².